The molecule has 0 aliphatic carbocycles. The van der Waals surface area contributed by atoms with Gasteiger partial charge in [0.25, 0.3) is 0 Å². The van der Waals surface area contributed by atoms with Gasteiger partial charge in [-0.2, -0.15) is 0 Å². The van der Waals surface area contributed by atoms with Crippen molar-refractivity contribution in [1.82, 2.24) is 0 Å². The predicted molar refractivity (Wildman–Crippen MR) is 61.5 cm³/mol. The molecule has 0 heterocycles. The number of Topliss-reactive ketones (excluding diaryl/α,β-unsaturated/α-hetero) is 1. The van der Waals surface area contributed by atoms with E-state index in [4.69, 9.17) is 4.74 Å². The number of ketones is 1. The zero-order valence-corrected chi connectivity index (χ0v) is 9.87. The van der Waals surface area contributed by atoms with Crippen LogP contribution >= 0.6 is 0 Å². The Morgan fingerprint density at radius 2 is 2.00 bits per heavy atom. The monoisotopic (exact) mass is 220 g/mol. The molecule has 0 aromatic heterocycles. The van der Waals surface area contributed by atoms with Crippen molar-refractivity contribution in [2.75, 3.05) is 6.61 Å². The van der Waals surface area contributed by atoms with E-state index in [9.17, 15) is 9.59 Å². The first kappa shape index (κ1) is 12.4. The number of hydrogen-bond acceptors (Lipinski definition) is 3. The summed E-state index contributed by atoms with van der Waals surface area (Å²) < 4.78 is 4.92. The molecule has 0 aliphatic rings. The molecule has 86 valence electrons. The SMILES string of the molecule is CCOC(=O)c1ccc(CC(C)=O)cc1C. The van der Waals surface area contributed by atoms with E-state index < -0.39 is 0 Å². The van der Waals surface area contributed by atoms with Gasteiger partial charge in [0.2, 0.25) is 0 Å². The molecule has 0 atom stereocenters. The first-order valence-corrected chi connectivity index (χ1v) is 5.30. The van der Waals surface area contributed by atoms with Crippen molar-refractivity contribution in [2.45, 2.75) is 27.2 Å². The third-order valence-corrected chi connectivity index (χ3v) is 2.24. The zero-order valence-electron chi connectivity index (χ0n) is 9.87. The molecule has 3 heteroatoms. The number of aryl methyl sites for hydroxylation is 1. The van der Waals surface area contributed by atoms with E-state index in [-0.39, 0.29) is 11.8 Å². The van der Waals surface area contributed by atoms with Crippen LogP contribution in [0.25, 0.3) is 0 Å². The van der Waals surface area contributed by atoms with E-state index in [1.165, 1.54) is 0 Å². The van der Waals surface area contributed by atoms with Gasteiger partial charge in [0.1, 0.15) is 5.78 Å². The zero-order chi connectivity index (χ0) is 12.1. The highest BCUT2D eigenvalue weighted by atomic mass is 16.5. The molecule has 0 saturated carbocycles. The van der Waals surface area contributed by atoms with Crippen molar-refractivity contribution in [1.29, 1.82) is 0 Å². The van der Waals surface area contributed by atoms with Gasteiger partial charge in [-0.1, -0.05) is 12.1 Å². The van der Waals surface area contributed by atoms with E-state index in [0.717, 1.165) is 11.1 Å². The van der Waals surface area contributed by atoms with Gasteiger partial charge in [-0.25, -0.2) is 4.79 Å². The Hall–Kier alpha value is -1.64. The second-order valence-electron chi connectivity index (χ2n) is 3.75. The van der Waals surface area contributed by atoms with Crippen LogP contribution in [0, 0.1) is 6.92 Å². The van der Waals surface area contributed by atoms with E-state index in [1.54, 1.807) is 26.0 Å². The van der Waals surface area contributed by atoms with Gasteiger partial charge < -0.3 is 4.74 Å². The maximum absolute atomic E-state index is 11.5. The summed E-state index contributed by atoms with van der Waals surface area (Å²) in [4.78, 5) is 22.5. The number of benzene rings is 1. The third kappa shape index (κ3) is 3.19. The van der Waals surface area contributed by atoms with Crippen molar-refractivity contribution in [3.8, 4) is 0 Å². The summed E-state index contributed by atoms with van der Waals surface area (Å²) in [5.74, 6) is -0.197. The fourth-order valence-electron chi connectivity index (χ4n) is 1.56. The van der Waals surface area contributed by atoms with Gasteiger partial charge in [0.15, 0.2) is 0 Å². The van der Waals surface area contributed by atoms with E-state index in [0.29, 0.717) is 18.6 Å². The van der Waals surface area contributed by atoms with E-state index >= 15 is 0 Å². The van der Waals surface area contributed by atoms with Crippen LogP contribution in [0.2, 0.25) is 0 Å². The van der Waals surface area contributed by atoms with Crippen LogP contribution in [0.5, 0.6) is 0 Å². The molecule has 1 aromatic rings. The molecule has 0 unspecified atom stereocenters. The molecule has 0 aliphatic heterocycles. The highest BCUT2D eigenvalue weighted by molar-refractivity contribution is 5.91. The van der Waals surface area contributed by atoms with Crippen LogP contribution in [-0.2, 0) is 16.0 Å². The fraction of sp³-hybridized carbons (Fsp3) is 0.385. The first-order valence-electron chi connectivity index (χ1n) is 5.30. The molecular formula is C13H16O3. The summed E-state index contributed by atoms with van der Waals surface area (Å²) in [7, 11) is 0. The molecule has 0 fully saturated rings. The largest absolute Gasteiger partial charge is 0.462 e. The normalized spacial score (nSPS) is 9.94. The van der Waals surface area contributed by atoms with Crippen LogP contribution in [0.3, 0.4) is 0 Å². The second kappa shape index (κ2) is 5.45. The van der Waals surface area contributed by atoms with Gasteiger partial charge >= 0.3 is 5.97 Å². The molecule has 0 N–H and O–H groups in total. The molecule has 0 amide bonds. The Morgan fingerprint density at radius 1 is 1.31 bits per heavy atom. The summed E-state index contributed by atoms with van der Waals surface area (Å²) in [5.41, 5.74) is 2.34. The van der Waals surface area contributed by atoms with Crippen molar-refractivity contribution in [2.24, 2.45) is 0 Å². The average molecular weight is 220 g/mol. The lowest BCUT2D eigenvalue weighted by Crippen LogP contribution is -2.07. The third-order valence-electron chi connectivity index (χ3n) is 2.24. The van der Waals surface area contributed by atoms with Crippen molar-refractivity contribution >= 4 is 11.8 Å². The number of carbonyl (C=O) groups excluding carboxylic acids is 2. The molecule has 0 spiro atoms. The Kier molecular flexibility index (Phi) is 4.23. The van der Waals surface area contributed by atoms with Crippen LogP contribution in [0.1, 0.15) is 35.3 Å². The summed E-state index contributed by atoms with van der Waals surface area (Å²) in [6, 6.07) is 5.36. The van der Waals surface area contributed by atoms with Crippen LogP contribution in [0.15, 0.2) is 18.2 Å². The lowest BCUT2D eigenvalue weighted by atomic mass is 10.0. The minimum atomic E-state index is -0.311. The average Bonchev–Trinajstić information content (AvgIpc) is 2.16. The van der Waals surface area contributed by atoms with Crippen LogP contribution in [-0.4, -0.2) is 18.4 Å². The molecule has 1 rings (SSSR count). The van der Waals surface area contributed by atoms with E-state index in [1.807, 2.05) is 13.0 Å². The van der Waals surface area contributed by atoms with Gasteiger partial charge in [-0.05, 0) is 38.0 Å². The fourth-order valence-corrected chi connectivity index (χ4v) is 1.56. The Bertz CT molecular complexity index is 408. The highest BCUT2D eigenvalue weighted by Gasteiger charge is 2.10. The standard InChI is InChI=1S/C13H16O3/c1-4-16-13(15)12-6-5-11(7-9(12)2)8-10(3)14/h5-7H,4,8H2,1-3H3. The molecule has 3 nitrogen and oxygen atoms in total. The summed E-state index contributed by atoms with van der Waals surface area (Å²) >= 11 is 0. The molecule has 0 bridgehead atoms. The quantitative estimate of drug-likeness (QED) is 0.731. The maximum atomic E-state index is 11.5. The number of carbonyl (C=O) groups is 2. The molecule has 0 radical (unpaired) electrons. The highest BCUT2D eigenvalue weighted by Crippen LogP contribution is 2.13. The number of esters is 1. The first-order chi connectivity index (χ1) is 7.54. The lowest BCUT2D eigenvalue weighted by molar-refractivity contribution is -0.116. The topological polar surface area (TPSA) is 43.4 Å². The molecule has 1 aromatic carbocycles. The van der Waals surface area contributed by atoms with Gasteiger partial charge in [-0.3, -0.25) is 4.79 Å². The lowest BCUT2D eigenvalue weighted by Gasteiger charge is -2.07. The summed E-state index contributed by atoms with van der Waals surface area (Å²) in [5, 5.41) is 0. The van der Waals surface area contributed by atoms with Crippen molar-refractivity contribution < 1.29 is 14.3 Å². The Labute approximate surface area is 95.4 Å². The molecule has 16 heavy (non-hydrogen) atoms. The number of ether oxygens (including phenoxy) is 1. The molecule has 0 saturated heterocycles. The van der Waals surface area contributed by atoms with Gasteiger partial charge in [0, 0.05) is 6.42 Å². The van der Waals surface area contributed by atoms with Crippen molar-refractivity contribution in [3.63, 3.8) is 0 Å². The summed E-state index contributed by atoms with van der Waals surface area (Å²) in [6.45, 7) is 5.54. The van der Waals surface area contributed by atoms with Gasteiger partial charge in [0.05, 0.1) is 12.2 Å². The Balaban J connectivity index is 2.91. The predicted octanol–water partition coefficient (Wildman–Crippen LogP) is 2.30. The van der Waals surface area contributed by atoms with Gasteiger partial charge in [-0.15, -0.1) is 0 Å². The smallest absolute Gasteiger partial charge is 0.338 e. The van der Waals surface area contributed by atoms with E-state index in [2.05, 4.69) is 0 Å². The maximum Gasteiger partial charge on any atom is 0.338 e. The number of hydrogen-bond donors (Lipinski definition) is 0. The van der Waals surface area contributed by atoms with Crippen LogP contribution in [0.4, 0.5) is 0 Å². The molecular weight excluding hydrogens is 204 g/mol. The summed E-state index contributed by atoms with van der Waals surface area (Å²) in [6.07, 6.45) is 0.407. The second-order valence-corrected chi connectivity index (χ2v) is 3.75. The van der Waals surface area contributed by atoms with Crippen molar-refractivity contribution in [3.05, 3.63) is 34.9 Å². The Morgan fingerprint density at radius 3 is 2.50 bits per heavy atom. The number of rotatable bonds is 4. The van der Waals surface area contributed by atoms with Crippen LogP contribution < -0.4 is 0 Å². The minimum absolute atomic E-state index is 0.114. The minimum Gasteiger partial charge on any atom is -0.462 e.